The van der Waals surface area contributed by atoms with Crippen molar-refractivity contribution in [3.63, 3.8) is 0 Å². The molecule has 0 spiro atoms. The lowest BCUT2D eigenvalue weighted by atomic mass is 9.98. The monoisotopic (exact) mass is 279 g/mol. The van der Waals surface area contributed by atoms with E-state index in [1.807, 2.05) is 0 Å². The topological polar surface area (TPSA) is 35.6 Å². The summed E-state index contributed by atoms with van der Waals surface area (Å²) in [5.74, 6) is 0.359. The Morgan fingerprint density at radius 1 is 1.15 bits per heavy atom. The van der Waals surface area contributed by atoms with Crippen molar-refractivity contribution in [2.75, 3.05) is 26.2 Å². The molecule has 0 aromatic heterocycles. The van der Waals surface area contributed by atoms with Gasteiger partial charge < -0.3 is 10.2 Å². The summed E-state index contributed by atoms with van der Waals surface area (Å²) >= 11 is 0. The third-order valence-corrected chi connectivity index (χ3v) is 5.42. The lowest BCUT2D eigenvalue weighted by Gasteiger charge is -2.38. The zero-order chi connectivity index (χ0) is 13.9. The maximum Gasteiger partial charge on any atom is 0.236 e. The first-order valence-corrected chi connectivity index (χ1v) is 8.54. The Hall–Kier alpha value is -0.610. The number of carbonyl (C=O) groups excluding carboxylic acids is 1. The van der Waals surface area contributed by atoms with E-state index in [2.05, 4.69) is 22.0 Å². The highest BCUT2D eigenvalue weighted by atomic mass is 16.2. The molecule has 20 heavy (non-hydrogen) atoms. The Morgan fingerprint density at radius 3 is 2.40 bits per heavy atom. The number of nitrogens with zero attached hydrogens (tertiary/aromatic N) is 2. The summed E-state index contributed by atoms with van der Waals surface area (Å²) in [6.07, 6.45) is 8.80. The minimum atomic E-state index is 0.359. The van der Waals surface area contributed by atoms with Gasteiger partial charge in [0.15, 0.2) is 0 Å². The van der Waals surface area contributed by atoms with Crippen molar-refractivity contribution in [2.24, 2.45) is 0 Å². The minimum absolute atomic E-state index is 0.359. The number of likely N-dealkylation sites (tertiary alicyclic amines) is 1. The second-order valence-electron chi connectivity index (χ2n) is 6.77. The molecule has 3 aliphatic rings. The fraction of sp³-hybridized carbons (Fsp3) is 0.938. The zero-order valence-electron chi connectivity index (χ0n) is 12.8. The summed E-state index contributed by atoms with van der Waals surface area (Å²) in [5, 5.41) is 3.69. The van der Waals surface area contributed by atoms with Gasteiger partial charge >= 0.3 is 0 Å². The maximum absolute atomic E-state index is 12.5. The van der Waals surface area contributed by atoms with E-state index in [4.69, 9.17) is 0 Å². The van der Waals surface area contributed by atoms with Crippen LogP contribution in [0.4, 0.5) is 0 Å². The summed E-state index contributed by atoms with van der Waals surface area (Å²) in [7, 11) is 0. The highest BCUT2D eigenvalue weighted by molar-refractivity contribution is 5.78. The van der Waals surface area contributed by atoms with Crippen LogP contribution in [0.25, 0.3) is 0 Å². The molecule has 3 heterocycles. The normalized spacial score (nSPS) is 33.7. The number of hydrogen-bond acceptors (Lipinski definition) is 3. The van der Waals surface area contributed by atoms with Gasteiger partial charge in [-0.05, 0) is 51.5 Å². The molecule has 3 saturated heterocycles. The van der Waals surface area contributed by atoms with E-state index in [0.29, 0.717) is 30.6 Å². The van der Waals surface area contributed by atoms with Crippen molar-refractivity contribution in [3.8, 4) is 0 Å². The fourth-order valence-corrected chi connectivity index (χ4v) is 4.24. The molecule has 2 atom stereocenters. The van der Waals surface area contributed by atoms with Gasteiger partial charge in [-0.25, -0.2) is 0 Å². The average Bonchev–Trinajstić information content (AvgIpc) is 2.83. The van der Waals surface area contributed by atoms with Crippen LogP contribution in [-0.4, -0.2) is 60.0 Å². The summed E-state index contributed by atoms with van der Waals surface area (Å²) in [6.45, 7) is 5.80. The summed E-state index contributed by atoms with van der Waals surface area (Å²) < 4.78 is 0. The summed E-state index contributed by atoms with van der Waals surface area (Å²) in [6, 6.07) is 2.03. The van der Waals surface area contributed by atoms with Gasteiger partial charge in [-0.15, -0.1) is 0 Å². The van der Waals surface area contributed by atoms with Crippen LogP contribution in [0.15, 0.2) is 0 Å². The van der Waals surface area contributed by atoms with Gasteiger partial charge in [0.2, 0.25) is 5.91 Å². The summed E-state index contributed by atoms with van der Waals surface area (Å²) in [5.41, 5.74) is 0. The predicted molar refractivity (Wildman–Crippen MR) is 80.6 cm³/mol. The predicted octanol–water partition coefficient (Wildman–Crippen LogP) is 1.60. The quantitative estimate of drug-likeness (QED) is 0.849. The standard InChI is InChI=1S/C16H29N3O/c1-2-18(12-16(20)19-8-4-3-5-9-19)15-10-13-6-7-14(11-15)17-13/h13-15,17H,2-12H2,1H3. The first-order chi connectivity index (χ1) is 9.76. The average molecular weight is 279 g/mol. The largest absolute Gasteiger partial charge is 0.342 e. The minimum Gasteiger partial charge on any atom is -0.342 e. The first-order valence-electron chi connectivity index (χ1n) is 8.54. The Kier molecular flexibility index (Phi) is 4.61. The van der Waals surface area contributed by atoms with E-state index >= 15 is 0 Å². The van der Waals surface area contributed by atoms with Gasteiger partial charge in [-0.3, -0.25) is 9.69 Å². The molecule has 4 nitrogen and oxygen atoms in total. The zero-order valence-corrected chi connectivity index (χ0v) is 12.8. The number of fused-ring (bicyclic) bond motifs is 2. The Balaban J connectivity index is 1.54. The highest BCUT2D eigenvalue weighted by Gasteiger charge is 2.36. The first kappa shape index (κ1) is 14.3. The summed E-state index contributed by atoms with van der Waals surface area (Å²) in [4.78, 5) is 17.0. The van der Waals surface area contributed by atoms with Crippen LogP contribution in [0.5, 0.6) is 0 Å². The van der Waals surface area contributed by atoms with E-state index < -0.39 is 0 Å². The van der Waals surface area contributed by atoms with Gasteiger partial charge in [0.05, 0.1) is 6.54 Å². The molecule has 3 rings (SSSR count). The molecule has 0 radical (unpaired) electrons. The molecule has 0 aromatic carbocycles. The molecule has 0 saturated carbocycles. The van der Waals surface area contributed by atoms with Gasteiger partial charge in [0.1, 0.15) is 0 Å². The molecule has 2 unspecified atom stereocenters. The van der Waals surface area contributed by atoms with Crippen molar-refractivity contribution < 1.29 is 4.79 Å². The van der Waals surface area contributed by atoms with Gasteiger partial charge in [-0.2, -0.15) is 0 Å². The van der Waals surface area contributed by atoms with Crippen LogP contribution >= 0.6 is 0 Å². The van der Waals surface area contributed by atoms with Gasteiger partial charge in [0, 0.05) is 31.2 Å². The van der Waals surface area contributed by atoms with Crippen molar-refractivity contribution in [3.05, 3.63) is 0 Å². The van der Waals surface area contributed by atoms with Crippen LogP contribution in [-0.2, 0) is 4.79 Å². The third kappa shape index (κ3) is 3.17. The molecule has 0 aliphatic carbocycles. The van der Waals surface area contributed by atoms with Crippen LogP contribution < -0.4 is 5.32 Å². The molecule has 3 fully saturated rings. The Bertz CT molecular complexity index is 329. The highest BCUT2D eigenvalue weighted by Crippen LogP contribution is 2.29. The van der Waals surface area contributed by atoms with E-state index in [9.17, 15) is 4.79 Å². The molecule has 114 valence electrons. The van der Waals surface area contributed by atoms with E-state index in [1.54, 1.807) is 0 Å². The molecule has 1 amide bonds. The lowest BCUT2D eigenvalue weighted by molar-refractivity contribution is -0.134. The van der Waals surface area contributed by atoms with Crippen molar-refractivity contribution in [1.82, 2.24) is 15.1 Å². The number of likely N-dealkylation sites (N-methyl/N-ethyl adjacent to an activating group) is 1. The maximum atomic E-state index is 12.5. The van der Waals surface area contributed by atoms with Crippen LogP contribution in [0.2, 0.25) is 0 Å². The van der Waals surface area contributed by atoms with E-state index in [1.165, 1.54) is 44.9 Å². The second-order valence-corrected chi connectivity index (χ2v) is 6.77. The number of piperidine rings is 2. The third-order valence-electron chi connectivity index (χ3n) is 5.42. The van der Waals surface area contributed by atoms with Gasteiger partial charge in [-0.1, -0.05) is 6.92 Å². The molecular formula is C16H29N3O. The molecular weight excluding hydrogens is 250 g/mol. The number of amides is 1. The fourth-order valence-electron chi connectivity index (χ4n) is 4.24. The molecule has 1 N–H and O–H groups in total. The molecule has 4 heteroatoms. The SMILES string of the molecule is CCN(CC(=O)N1CCCCC1)C1CC2CCC(C1)N2. The number of carbonyl (C=O) groups is 1. The molecule has 2 bridgehead atoms. The lowest BCUT2D eigenvalue weighted by Crippen LogP contribution is -2.51. The van der Waals surface area contributed by atoms with Crippen molar-refractivity contribution >= 4 is 5.91 Å². The second kappa shape index (κ2) is 6.44. The molecule has 3 aliphatic heterocycles. The smallest absolute Gasteiger partial charge is 0.236 e. The number of hydrogen-bond donors (Lipinski definition) is 1. The van der Waals surface area contributed by atoms with E-state index in [0.717, 1.165) is 19.6 Å². The molecule has 0 aromatic rings. The Morgan fingerprint density at radius 2 is 1.80 bits per heavy atom. The van der Waals surface area contributed by atoms with Crippen LogP contribution in [0, 0.1) is 0 Å². The number of nitrogens with one attached hydrogen (secondary N) is 1. The van der Waals surface area contributed by atoms with Crippen molar-refractivity contribution in [1.29, 1.82) is 0 Å². The number of rotatable bonds is 4. The Labute approximate surface area is 122 Å². The van der Waals surface area contributed by atoms with Gasteiger partial charge in [0.25, 0.3) is 0 Å². The van der Waals surface area contributed by atoms with Crippen LogP contribution in [0.1, 0.15) is 51.9 Å². The van der Waals surface area contributed by atoms with Crippen LogP contribution in [0.3, 0.4) is 0 Å². The van der Waals surface area contributed by atoms with E-state index in [-0.39, 0.29) is 0 Å². The van der Waals surface area contributed by atoms with Crippen molar-refractivity contribution in [2.45, 2.75) is 70.0 Å².